The van der Waals surface area contributed by atoms with Crippen molar-refractivity contribution in [1.82, 2.24) is 15.1 Å². The number of nitrogens with zero attached hydrogens (tertiary/aromatic N) is 2. The number of carbonyl (C=O) groups excluding carboxylic acids is 1. The van der Waals surface area contributed by atoms with E-state index >= 15 is 0 Å². The smallest absolute Gasteiger partial charge is 0.328 e. The van der Waals surface area contributed by atoms with Gasteiger partial charge in [-0.15, -0.1) is 0 Å². The second kappa shape index (κ2) is 6.34. The minimum Gasteiger partial charge on any atom is -0.347 e. The monoisotopic (exact) mass is 357 g/mol. The van der Waals surface area contributed by atoms with Gasteiger partial charge in [0.2, 0.25) is 0 Å². The Morgan fingerprint density at radius 1 is 1.38 bits per heavy atom. The first-order chi connectivity index (χ1) is 9.88. The first kappa shape index (κ1) is 15.6. The number of halogens is 3. The van der Waals surface area contributed by atoms with E-state index in [1.807, 2.05) is 0 Å². The Balaban J connectivity index is 1.97. The molecular formula is C14H14BrF2N3O. The van der Waals surface area contributed by atoms with E-state index in [4.69, 9.17) is 0 Å². The highest BCUT2D eigenvalue weighted by molar-refractivity contribution is 9.10. The summed E-state index contributed by atoms with van der Waals surface area (Å²) in [4.78, 5) is 11.7. The summed E-state index contributed by atoms with van der Waals surface area (Å²) in [6.45, 7) is -0.00234. The van der Waals surface area contributed by atoms with E-state index in [0.29, 0.717) is 15.7 Å². The van der Waals surface area contributed by atoms with Crippen LogP contribution in [0.2, 0.25) is 0 Å². The largest absolute Gasteiger partial charge is 0.347 e. The Bertz CT molecular complexity index is 628. The molecule has 0 saturated heterocycles. The van der Waals surface area contributed by atoms with Gasteiger partial charge in [-0.1, -0.05) is 30.3 Å². The van der Waals surface area contributed by atoms with Gasteiger partial charge in [-0.05, 0) is 21.5 Å². The van der Waals surface area contributed by atoms with Crippen molar-refractivity contribution in [1.29, 1.82) is 0 Å². The van der Waals surface area contributed by atoms with Crippen LogP contribution in [0.4, 0.5) is 8.78 Å². The van der Waals surface area contributed by atoms with E-state index in [1.54, 1.807) is 43.6 Å². The molecule has 0 aliphatic rings. The maximum absolute atomic E-state index is 13.9. The fraction of sp³-hybridized carbons (Fsp3) is 0.286. The van der Waals surface area contributed by atoms with E-state index in [-0.39, 0.29) is 6.54 Å². The zero-order chi connectivity index (χ0) is 15.5. The maximum atomic E-state index is 13.9. The molecule has 1 aromatic heterocycles. The number of hydrogen-bond acceptors (Lipinski definition) is 2. The Morgan fingerprint density at radius 2 is 2.05 bits per heavy atom. The maximum Gasteiger partial charge on any atom is 0.328 e. The van der Waals surface area contributed by atoms with Crippen LogP contribution < -0.4 is 5.32 Å². The van der Waals surface area contributed by atoms with E-state index in [0.717, 1.165) is 0 Å². The van der Waals surface area contributed by atoms with Gasteiger partial charge >= 0.3 is 5.92 Å². The molecule has 1 aromatic carbocycles. The SMILES string of the molecule is Cn1cc(CNC(=O)C(F)(F)Cc2ccccc2)c(Br)n1. The zero-order valence-corrected chi connectivity index (χ0v) is 12.9. The van der Waals surface area contributed by atoms with E-state index in [9.17, 15) is 13.6 Å². The predicted molar refractivity (Wildman–Crippen MR) is 77.8 cm³/mol. The molecule has 0 unspecified atom stereocenters. The molecule has 1 N–H and O–H groups in total. The van der Waals surface area contributed by atoms with Gasteiger partial charge in [0.25, 0.3) is 5.91 Å². The third kappa shape index (κ3) is 4.10. The minimum absolute atomic E-state index is 0.00234. The number of benzene rings is 1. The molecule has 0 aliphatic heterocycles. The summed E-state index contributed by atoms with van der Waals surface area (Å²) in [5.74, 6) is -4.74. The summed E-state index contributed by atoms with van der Waals surface area (Å²) in [5.41, 5.74) is 1.06. The van der Waals surface area contributed by atoms with Gasteiger partial charge in [-0.25, -0.2) is 0 Å². The first-order valence-corrected chi connectivity index (χ1v) is 7.06. The molecule has 0 spiro atoms. The Hall–Kier alpha value is -1.76. The standard InChI is InChI=1S/C14H14BrF2N3O/c1-20-9-11(12(15)19-20)8-18-13(21)14(16,17)7-10-5-3-2-4-6-10/h2-6,9H,7-8H2,1H3,(H,18,21). The van der Waals surface area contributed by atoms with Crippen molar-refractivity contribution in [2.45, 2.75) is 18.9 Å². The number of aromatic nitrogens is 2. The Labute approximate surface area is 129 Å². The molecular weight excluding hydrogens is 344 g/mol. The van der Waals surface area contributed by atoms with Crippen LogP contribution in [-0.4, -0.2) is 21.6 Å². The first-order valence-electron chi connectivity index (χ1n) is 6.26. The highest BCUT2D eigenvalue weighted by atomic mass is 79.9. The number of rotatable bonds is 5. The van der Waals surface area contributed by atoms with E-state index in [2.05, 4.69) is 26.3 Å². The molecule has 0 bridgehead atoms. The van der Waals surface area contributed by atoms with Crippen molar-refractivity contribution < 1.29 is 13.6 Å². The third-order valence-corrected chi connectivity index (χ3v) is 3.56. The molecule has 0 aliphatic carbocycles. The van der Waals surface area contributed by atoms with Crippen LogP contribution in [0.25, 0.3) is 0 Å². The lowest BCUT2D eigenvalue weighted by Crippen LogP contribution is -2.41. The predicted octanol–water partition coefficient (Wildman–Crippen LogP) is 2.68. The van der Waals surface area contributed by atoms with E-state index in [1.165, 1.54) is 4.68 Å². The topological polar surface area (TPSA) is 46.9 Å². The molecule has 7 heteroatoms. The summed E-state index contributed by atoms with van der Waals surface area (Å²) in [7, 11) is 1.71. The Morgan fingerprint density at radius 3 is 2.62 bits per heavy atom. The molecule has 4 nitrogen and oxygen atoms in total. The van der Waals surface area contributed by atoms with Gasteiger partial charge in [0, 0.05) is 31.8 Å². The number of carbonyl (C=O) groups is 1. The summed E-state index contributed by atoms with van der Waals surface area (Å²) >= 11 is 3.20. The highest BCUT2D eigenvalue weighted by Gasteiger charge is 2.38. The van der Waals surface area contributed by atoms with Crippen LogP contribution >= 0.6 is 15.9 Å². The van der Waals surface area contributed by atoms with Crippen molar-refractivity contribution in [2.75, 3.05) is 0 Å². The number of nitrogens with one attached hydrogen (secondary N) is 1. The Kier molecular flexibility index (Phi) is 4.72. The van der Waals surface area contributed by atoms with Gasteiger partial charge in [0.15, 0.2) is 0 Å². The number of amides is 1. The second-order valence-corrected chi connectivity index (χ2v) is 5.42. The molecule has 1 heterocycles. The van der Waals surface area contributed by atoms with Gasteiger partial charge in [-0.3, -0.25) is 9.48 Å². The average molecular weight is 358 g/mol. The van der Waals surface area contributed by atoms with Crippen LogP contribution in [0.1, 0.15) is 11.1 Å². The van der Waals surface area contributed by atoms with Crippen LogP contribution in [-0.2, 0) is 24.8 Å². The molecule has 0 atom stereocenters. The number of aryl methyl sites for hydroxylation is 1. The van der Waals surface area contributed by atoms with Crippen LogP contribution in [0, 0.1) is 0 Å². The van der Waals surface area contributed by atoms with Crippen molar-refractivity contribution in [3.8, 4) is 0 Å². The molecule has 2 aromatic rings. The van der Waals surface area contributed by atoms with Crippen LogP contribution in [0.15, 0.2) is 41.1 Å². The summed E-state index contributed by atoms with van der Waals surface area (Å²) in [5, 5.41) is 6.25. The average Bonchev–Trinajstić information content (AvgIpc) is 2.75. The van der Waals surface area contributed by atoms with Crippen molar-refractivity contribution >= 4 is 21.8 Å². The van der Waals surface area contributed by atoms with Gasteiger partial charge in [-0.2, -0.15) is 13.9 Å². The van der Waals surface area contributed by atoms with Crippen molar-refractivity contribution in [3.63, 3.8) is 0 Å². The lowest BCUT2D eigenvalue weighted by Gasteiger charge is -2.15. The van der Waals surface area contributed by atoms with Gasteiger partial charge in [0.1, 0.15) is 4.60 Å². The van der Waals surface area contributed by atoms with E-state index < -0.39 is 18.3 Å². The summed E-state index contributed by atoms with van der Waals surface area (Å²) in [6, 6.07) is 8.20. The number of hydrogen-bond donors (Lipinski definition) is 1. The quantitative estimate of drug-likeness (QED) is 0.894. The minimum atomic E-state index is -3.45. The summed E-state index contributed by atoms with van der Waals surface area (Å²) in [6.07, 6.45) is 1.04. The molecule has 1 amide bonds. The van der Waals surface area contributed by atoms with Gasteiger partial charge in [0.05, 0.1) is 0 Å². The molecule has 0 radical (unpaired) electrons. The lowest BCUT2D eigenvalue weighted by molar-refractivity contribution is -0.145. The molecule has 112 valence electrons. The molecule has 0 fully saturated rings. The molecule has 0 saturated carbocycles. The lowest BCUT2D eigenvalue weighted by atomic mass is 10.1. The third-order valence-electron chi connectivity index (χ3n) is 2.89. The van der Waals surface area contributed by atoms with Crippen molar-refractivity contribution in [3.05, 3.63) is 52.3 Å². The molecule has 2 rings (SSSR count). The van der Waals surface area contributed by atoms with Gasteiger partial charge < -0.3 is 5.32 Å². The van der Waals surface area contributed by atoms with Crippen LogP contribution in [0.3, 0.4) is 0 Å². The van der Waals surface area contributed by atoms with Crippen LogP contribution in [0.5, 0.6) is 0 Å². The fourth-order valence-corrected chi connectivity index (χ4v) is 2.36. The highest BCUT2D eigenvalue weighted by Crippen LogP contribution is 2.21. The van der Waals surface area contributed by atoms with Crippen molar-refractivity contribution in [2.24, 2.45) is 7.05 Å². The normalized spacial score (nSPS) is 11.4. The second-order valence-electron chi connectivity index (χ2n) is 4.67. The fourth-order valence-electron chi connectivity index (χ4n) is 1.87. The zero-order valence-electron chi connectivity index (χ0n) is 11.3. The molecule has 21 heavy (non-hydrogen) atoms. The number of alkyl halides is 2. The summed E-state index contributed by atoms with van der Waals surface area (Å²) < 4.78 is 29.8.